The van der Waals surface area contributed by atoms with Gasteiger partial charge in [-0.3, -0.25) is 0 Å². The van der Waals surface area contributed by atoms with Crippen molar-refractivity contribution in [3.8, 4) is 6.07 Å². The molecule has 1 aliphatic carbocycles. The van der Waals surface area contributed by atoms with Gasteiger partial charge in [0.1, 0.15) is 0 Å². The van der Waals surface area contributed by atoms with E-state index in [1.54, 1.807) is 12.1 Å². The van der Waals surface area contributed by atoms with Crippen LogP contribution in [0.1, 0.15) is 43.7 Å². The van der Waals surface area contributed by atoms with Crippen LogP contribution in [0.2, 0.25) is 0 Å². The maximum Gasteiger partial charge on any atom is 0.417 e. The molecule has 1 aromatic rings. The van der Waals surface area contributed by atoms with E-state index in [0.29, 0.717) is 18.3 Å². The standard InChI is InChI=1S/C15H17F3N2/c1-2-20(12-5-3-4-6-12)13-8-7-11(10-19)14(9-13)15(16,17)18/h7-9,12H,2-6H2,1H3. The number of alkyl halides is 3. The van der Waals surface area contributed by atoms with E-state index in [4.69, 9.17) is 5.26 Å². The molecule has 108 valence electrons. The van der Waals surface area contributed by atoms with E-state index in [0.717, 1.165) is 31.7 Å². The highest BCUT2D eigenvalue weighted by molar-refractivity contribution is 5.55. The van der Waals surface area contributed by atoms with Crippen molar-refractivity contribution in [1.82, 2.24) is 0 Å². The van der Waals surface area contributed by atoms with Gasteiger partial charge in [-0.05, 0) is 38.0 Å². The minimum Gasteiger partial charge on any atom is -0.369 e. The Morgan fingerprint density at radius 3 is 2.45 bits per heavy atom. The average molecular weight is 282 g/mol. The Kier molecular flexibility index (Phi) is 4.22. The molecule has 0 spiro atoms. The highest BCUT2D eigenvalue weighted by atomic mass is 19.4. The van der Waals surface area contributed by atoms with Crippen LogP contribution in [0.5, 0.6) is 0 Å². The Labute approximate surface area is 116 Å². The van der Waals surface area contributed by atoms with Crippen LogP contribution in [-0.2, 0) is 6.18 Å². The summed E-state index contributed by atoms with van der Waals surface area (Å²) < 4.78 is 39.0. The first-order chi connectivity index (χ1) is 9.47. The molecule has 0 radical (unpaired) electrons. The summed E-state index contributed by atoms with van der Waals surface area (Å²) in [5.74, 6) is 0. The molecule has 0 atom stereocenters. The highest BCUT2D eigenvalue weighted by Crippen LogP contribution is 2.36. The zero-order valence-electron chi connectivity index (χ0n) is 11.4. The summed E-state index contributed by atoms with van der Waals surface area (Å²) in [6.45, 7) is 2.62. The topological polar surface area (TPSA) is 27.0 Å². The Bertz CT molecular complexity index is 511. The number of hydrogen-bond donors (Lipinski definition) is 0. The van der Waals surface area contributed by atoms with Crippen molar-refractivity contribution < 1.29 is 13.2 Å². The minimum absolute atomic E-state index is 0.314. The lowest BCUT2D eigenvalue weighted by Gasteiger charge is -2.30. The summed E-state index contributed by atoms with van der Waals surface area (Å²) >= 11 is 0. The third-order valence-electron chi connectivity index (χ3n) is 3.87. The molecule has 0 unspecified atom stereocenters. The number of nitriles is 1. The molecule has 1 fully saturated rings. The largest absolute Gasteiger partial charge is 0.417 e. The predicted octanol–water partition coefficient (Wildman–Crippen LogP) is 4.35. The Morgan fingerprint density at radius 1 is 1.30 bits per heavy atom. The average Bonchev–Trinajstić information content (AvgIpc) is 2.92. The van der Waals surface area contributed by atoms with Crippen molar-refractivity contribution in [2.24, 2.45) is 0 Å². The quantitative estimate of drug-likeness (QED) is 0.824. The van der Waals surface area contributed by atoms with Crippen molar-refractivity contribution >= 4 is 5.69 Å². The fourth-order valence-electron chi connectivity index (χ4n) is 2.91. The zero-order chi connectivity index (χ0) is 14.8. The van der Waals surface area contributed by atoms with E-state index in [-0.39, 0.29) is 5.56 Å². The molecule has 1 aliphatic rings. The fourth-order valence-corrected chi connectivity index (χ4v) is 2.91. The molecule has 0 N–H and O–H groups in total. The van der Waals surface area contributed by atoms with Gasteiger partial charge in [0.2, 0.25) is 0 Å². The van der Waals surface area contributed by atoms with E-state index < -0.39 is 11.7 Å². The second kappa shape index (κ2) is 5.74. The van der Waals surface area contributed by atoms with Crippen LogP contribution in [0.25, 0.3) is 0 Å². The van der Waals surface area contributed by atoms with Gasteiger partial charge >= 0.3 is 6.18 Å². The number of hydrogen-bond acceptors (Lipinski definition) is 2. The molecule has 0 aromatic heterocycles. The van der Waals surface area contributed by atoms with Crippen LogP contribution in [0.4, 0.5) is 18.9 Å². The number of anilines is 1. The number of halogens is 3. The molecular formula is C15H17F3N2. The van der Waals surface area contributed by atoms with E-state index in [1.165, 1.54) is 6.07 Å². The first kappa shape index (κ1) is 14.7. The van der Waals surface area contributed by atoms with Crippen molar-refractivity contribution in [2.75, 3.05) is 11.4 Å². The van der Waals surface area contributed by atoms with Crippen LogP contribution in [0, 0.1) is 11.3 Å². The van der Waals surface area contributed by atoms with Gasteiger partial charge in [-0.15, -0.1) is 0 Å². The van der Waals surface area contributed by atoms with Gasteiger partial charge in [0.05, 0.1) is 17.2 Å². The second-order valence-electron chi connectivity index (χ2n) is 5.06. The first-order valence-corrected chi connectivity index (χ1v) is 6.85. The minimum atomic E-state index is -4.49. The zero-order valence-corrected chi connectivity index (χ0v) is 11.4. The van der Waals surface area contributed by atoms with E-state index in [9.17, 15) is 13.2 Å². The van der Waals surface area contributed by atoms with Crippen LogP contribution in [-0.4, -0.2) is 12.6 Å². The second-order valence-corrected chi connectivity index (χ2v) is 5.06. The summed E-state index contributed by atoms with van der Waals surface area (Å²) in [4.78, 5) is 2.02. The van der Waals surface area contributed by atoms with Crippen molar-refractivity contribution in [3.05, 3.63) is 29.3 Å². The van der Waals surface area contributed by atoms with E-state index in [2.05, 4.69) is 0 Å². The molecule has 2 nitrogen and oxygen atoms in total. The summed E-state index contributed by atoms with van der Waals surface area (Å²) in [7, 11) is 0. The number of nitrogens with zero attached hydrogens (tertiary/aromatic N) is 2. The van der Waals surface area contributed by atoms with Gasteiger partial charge < -0.3 is 4.90 Å². The van der Waals surface area contributed by atoms with E-state index >= 15 is 0 Å². The van der Waals surface area contributed by atoms with Gasteiger partial charge in [-0.25, -0.2) is 0 Å². The third-order valence-corrected chi connectivity index (χ3v) is 3.87. The number of benzene rings is 1. The third kappa shape index (κ3) is 2.90. The molecule has 0 bridgehead atoms. The highest BCUT2D eigenvalue weighted by Gasteiger charge is 2.34. The van der Waals surface area contributed by atoms with Crippen molar-refractivity contribution in [3.63, 3.8) is 0 Å². The summed E-state index contributed by atoms with van der Waals surface area (Å²) in [5, 5.41) is 8.82. The molecule has 0 amide bonds. The SMILES string of the molecule is CCN(c1ccc(C#N)c(C(F)(F)F)c1)C1CCCC1. The van der Waals surface area contributed by atoms with Gasteiger partial charge in [-0.1, -0.05) is 12.8 Å². The lowest BCUT2D eigenvalue weighted by molar-refractivity contribution is -0.137. The van der Waals surface area contributed by atoms with Crippen LogP contribution < -0.4 is 4.90 Å². The molecule has 2 rings (SSSR count). The molecule has 0 saturated heterocycles. The van der Waals surface area contributed by atoms with E-state index in [1.807, 2.05) is 11.8 Å². The lowest BCUT2D eigenvalue weighted by atomic mass is 10.1. The van der Waals surface area contributed by atoms with Crippen LogP contribution >= 0.6 is 0 Å². The van der Waals surface area contributed by atoms with Gasteiger partial charge in [-0.2, -0.15) is 18.4 Å². The molecule has 0 aliphatic heterocycles. The Morgan fingerprint density at radius 2 is 1.95 bits per heavy atom. The molecule has 20 heavy (non-hydrogen) atoms. The summed E-state index contributed by atoms with van der Waals surface area (Å²) in [5.41, 5.74) is -0.594. The fraction of sp³-hybridized carbons (Fsp3) is 0.533. The normalized spacial score (nSPS) is 16.1. The molecule has 1 aromatic carbocycles. The monoisotopic (exact) mass is 282 g/mol. The summed E-state index contributed by atoms with van der Waals surface area (Å²) in [6.07, 6.45) is -0.187. The smallest absolute Gasteiger partial charge is 0.369 e. The molecular weight excluding hydrogens is 265 g/mol. The van der Waals surface area contributed by atoms with Crippen LogP contribution in [0.15, 0.2) is 18.2 Å². The Hall–Kier alpha value is -1.70. The first-order valence-electron chi connectivity index (χ1n) is 6.85. The van der Waals surface area contributed by atoms with Crippen molar-refractivity contribution in [2.45, 2.75) is 44.8 Å². The maximum atomic E-state index is 13.0. The molecule has 0 heterocycles. The van der Waals surface area contributed by atoms with Gasteiger partial charge in [0.25, 0.3) is 0 Å². The Balaban J connectivity index is 2.39. The molecule has 5 heteroatoms. The lowest BCUT2D eigenvalue weighted by Crippen LogP contribution is -2.33. The van der Waals surface area contributed by atoms with Gasteiger partial charge in [0.15, 0.2) is 0 Å². The van der Waals surface area contributed by atoms with Crippen LogP contribution in [0.3, 0.4) is 0 Å². The van der Waals surface area contributed by atoms with Crippen molar-refractivity contribution in [1.29, 1.82) is 5.26 Å². The maximum absolute atomic E-state index is 13.0. The number of rotatable bonds is 3. The molecule has 1 saturated carbocycles. The van der Waals surface area contributed by atoms with Gasteiger partial charge in [0, 0.05) is 18.3 Å². The predicted molar refractivity (Wildman–Crippen MR) is 71.4 cm³/mol. The summed E-state index contributed by atoms with van der Waals surface area (Å²) in [6, 6.07) is 5.94.